The van der Waals surface area contributed by atoms with Crippen LogP contribution in [0, 0.1) is 17.6 Å². The predicted octanol–water partition coefficient (Wildman–Crippen LogP) is 3.00. The molecule has 2 atom stereocenters. The lowest BCUT2D eigenvalue weighted by Gasteiger charge is -2.20. The van der Waals surface area contributed by atoms with Crippen molar-refractivity contribution in [3.8, 4) is 11.5 Å². The van der Waals surface area contributed by atoms with Gasteiger partial charge in [-0.1, -0.05) is 6.58 Å². The standard InChI is InChI=1S/C26H25F2N7O4/c1-4-23(36)34-11-16(22(14-34)38-3)12-35-24-15(9-29-26(32-24)31-18-10-30-33(2)13-18)7-21(25(35)37)39-20-6-5-17(27)8-19(20)28/h4-10,13,16,22H,1,11-12,14H2,2-3H3,(H,29,31,32)/t16-,22+/m1/s1. The molecule has 11 nitrogen and oxygen atoms in total. The molecule has 1 fully saturated rings. The van der Waals surface area contributed by atoms with Crippen molar-refractivity contribution in [1.29, 1.82) is 0 Å². The van der Waals surface area contributed by atoms with Crippen molar-refractivity contribution >= 4 is 28.6 Å². The number of aryl methyl sites for hydroxylation is 1. The van der Waals surface area contributed by atoms with E-state index in [1.54, 1.807) is 29.0 Å². The van der Waals surface area contributed by atoms with Gasteiger partial charge < -0.3 is 19.7 Å². The topological polar surface area (TPSA) is 116 Å². The van der Waals surface area contributed by atoms with E-state index in [0.29, 0.717) is 30.2 Å². The maximum Gasteiger partial charge on any atom is 0.295 e. The van der Waals surface area contributed by atoms with Gasteiger partial charge in [-0.2, -0.15) is 10.1 Å². The molecule has 1 N–H and O–H groups in total. The minimum absolute atomic E-state index is 0.112. The molecule has 39 heavy (non-hydrogen) atoms. The molecule has 1 aromatic carbocycles. The number of halogens is 2. The lowest BCUT2D eigenvalue weighted by Crippen LogP contribution is -2.31. The van der Waals surface area contributed by atoms with E-state index in [1.807, 2.05) is 0 Å². The Hall–Kier alpha value is -4.65. The van der Waals surface area contributed by atoms with E-state index in [0.717, 1.165) is 12.1 Å². The van der Waals surface area contributed by atoms with Crippen LogP contribution >= 0.6 is 0 Å². The number of pyridine rings is 1. The van der Waals surface area contributed by atoms with Gasteiger partial charge in [-0.15, -0.1) is 0 Å². The molecule has 5 rings (SSSR count). The van der Waals surface area contributed by atoms with Gasteiger partial charge in [-0.25, -0.2) is 13.8 Å². The quantitative estimate of drug-likeness (QED) is 0.341. The second kappa shape index (κ2) is 10.6. The fourth-order valence-corrected chi connectivity index (χ4v) is 4.55. The van der Waals surface area contributed by atoms with Crippen molar-refractivity contribution in [2.24, 2.45) is 13.0 Å². The van der Waals surface area contributed by atoms with E-state index in [-0.39, 0.29) is 47.6 Å². The average Bonchev–Trinajstić information content (AvgIpc) is 3.53. The molecule has 0 radical (unpaired) electrons. The molecule has 0 bridgehead atoms. The summed E-state index contributed by atoms with van der Waals surface area (Å²) in [5.74, 6) is -2.54. The van der Waals surface area contributed by atoms with E-state index in [2.05, 4.69) is 27.0 Å². The molecule has 0 spiro atoms. The van der Waals surface area contributed by atoms with E-state index in [1.165, 1.54) is 30.0 Å². The van der Waals surface area contributed by atoms with Gasteiger partial charge in [-0.05, 0) is 24.3 Å². The number of benzene rings is 1. The molecule has 0 unspecified atom stereocenters. The Balaban J connectivity index is 1.58. The summed E-state index contributed by atoms with van der Waals surface area (Å²) in [6.07, 6.45) is 5.71. The first-order chi connectivity index (χ1) is 18.7. The van der Waals surface area contributed by atoms with Crippen LogP contribution in [0.15, 0.2) is 60.3 Å². The van der Waals surface area contributed by atoms with Crippen LogP contribution in [0.5, 0.6) is 11.5 Å². The largest absolute Gasteiger partial charge is 0.448 e. The van der Waals surface area contributed by atoms with E-state index in [4.69, 9.17) is 9.47 Å². The van der Waals surface area contributed by atoms with Crippen LogP contribution in [0.4, 0.5) is 20.4 Å². The Morgan fingerprint density at radius 2 is 2.05 bits per heavy atom. The van der Waals surface area contributed by atoms with Crippen molar-refractivity contribution in [1.82, 2.24) is 29.2 Å². The van der Waals surface area contributed by atoms with E-state index in [9.17, 15) is 18.4 Å². The zero-order chi connectivity index (χ0) is 27.7. The monoisotopic (exact) mass is 537 g/mol. The number of rotatable bonds is 8. The van der Waals surface area contributed by atoms with Crippen molar-refractivity contribution < 1.29 is 23.0 Å². The molecule has 1 saturated heterocycles. The summed E-state index contributed by atoms with van der Waals surface area (Å²) in [6.45, 7) is 4.31. The highest BCUT2D eigenvalue weighted by molar-refractivity contribution is 5.87. The summed E-state index contributed by atoms with van der Waals surface area (Å²) in [4.78, 5) is 36.4. The van der Waals surface area contributed by atoms with Crippen LogP contribution in [-0.2, 0) is 23.1 Å². The molecule has 0 aliphatic carbocycles. The summed E-state index contributed by atoms with van der Waals surface area (Å²) in [5, 5.41) is 7.59. The number of likely N-dealkylation sites (tertiary alicyclic amines) is 1. The molecule has 3 aromatic heterocycles. The van der Waals surface area contributed by atoms with Gasteiger partial charge in [0, 0.05) is 63.6 Å². The summed E-state index contributed by atoms with van der Waals surface area (Å²) in [5.41, 5.74) is 0.337. The summed E-state index contributed by atoms with van der Waals surface area (Å²) >= 11 is 0. The molecule has 4 aromatic rings. The maximum absolute atomic E-state index is 14.3. The summed E-state index contributed by atoms with van der Waals surface area (Å²) in [6, 6.07) is 4.21. The predicted molar refractivity (Wildman–Crippen MR) is 138 cm³/mol. The average molecular weight is 538 g/mol. The van der Waals surface area contributed by atoms with Crippen molar-refractivity contribution in [3.63, 3.8) is 0 Å². The Bertz CT molecular complexity index is 1620. The molecule has 202 valence electrons. The SMILES string of the molecule is C=CC(=O)N1C[C@H](Cn2c(=O)c(Oc3ccc(F)cc3F)cc3cnc(Nc4cnn(C)c4)nc32)[C@@H](OC)C1. The molecule has 1 amide bonds. The molecular formula is C26H25F2N7O4. The number of hydrogen-bond donors (Lipinski definition) is 1. The Labute approximate surface area is 221 Å². The first-order valence-corrected chi connectivity index (χ1v) is 12.0. The molecule has 4 heterocycles. The third kappa shape index (κ3) is 5.34. The Morgan fingerprint density at radius 3 is 2.74 bits per heavy atom. The van der Waals surface area contributed by atoms with Crippen LogP contribution in [0.2, 0.25) is 0 Å². The zero-order valence-corrected chi connectivity index (χ0v) is 21.2. The number of carbonyl (C=O) groups is 1. The number of nitrogens with one attached hydrogen (secondary N) is 1. The van der Waals surface area contributed by atoms with Gasteiger partial charge in [0.25, 0.3) is 5.56 Å². The van der Waals surface area contributed by atoms with Gasteiger partial charge in [0.1, 0.15) is 11.5 Å². The van der Waals surface area contributed by atoms with Gasteiger partial charge in [0.05, 0.1) is 18.0 Å². The van der Waals surface area contributed by atoms with Crippen molar-refractivity contribution in [3.05, 3.63) is 77.5 Å². The van der Waals surface area contributed by atoms with Gasteiger partial charge in [-0.3, -0.25) is 18.8 Å². The van der Waals surface area contributed by atoms with Gasteiger partial charge in [0.15, 0.2) is 17.3 Å². The number of fused-ring (bicyclic) bond motifs is 1. The van der Waals surface area contributed by atoms with Gasteiger partial charge in [0.2, 0.25) is 11.9 Å². The van der Waals surface area contributed by atoms with Crippen LogP contribution in [0.3, 0.4) is 0 Å². The zero-order valence-electron chi connectivity index (χ0n) is 21.2. The maximum atomic E-state index is 14.3. The Kier molecular flexibility index (Phi) is 7.07. The minimum atomic E-state index is -0.956. The highest BCUT2D eigenvalue weighted by Crippen LogP contribution is 2.28. The highest BCUT2D eigenvalue weighted by Gasteiger charge is 2.35. The molecule has 13 heteroatoms. The van der Waals surface area contributed by atoms with Crippen LogP contribution in [0.25, 0.3) is 11.0 Å². The minimum Gasteiger partial charge on any atom is -0.448 e. The number of nitrogens with zero attached hydrogens (tertiary/aromatic N) is 6. The molecular weight excluding hydrogens is 512 g/mol. The summed E-state index contributed by atoms with van der Waals surface area (Å²) < 4.78 is 42.0. The van der Waals surface area contributed by atoms with E-state index < -0.39 is 17.2 Å². The van der Waals surface area contributed by atoms with Crippen LogP contribution in [-0.4, -0.2) is 61.4 Å². The van der Waals surface area contributed by atoms with Crippen LogP contribution < -0.4 is 15.6 Å². The lowest BCUT2D eigenvalue weighted by molar-refractivity contribution is -0.125. The molecule has 1 aliphatic heterocycles. The number of anilines is 2. The molecule has 1 aliphatic rings. The molecule has 0 saturated carbocycles. The second-order valence-corrected chi connectivity index (χ2v) is 9.08. The number of aromatic nitrogens is 5. The normalized spacial score (nSPS) is 17.0. The number of methoxy groups -OCH3 is 1. The number of ether oxygens (including phenoxy) is 2. The number of hydrogen-bond acceptors (Lipinski definition) is 8. The van der Waals surface area contributed by atoms with Gasteiger partial charge >= 0.3 is 0 Å². The third-order valence-corrected chi connectivity index (χ3v) is 6.46. The van der Waals surface area contributed by atoms with Crippen molar-refractivity contribution in [2.75, 3.05) is 25.5 Å². The smallest absolute Gasteiger partial charge is 0.295 e. The van der Waals surface area contributed by atoms with Crippen molar-refractivity contribution in [2.45, 2.75) is 12.6 Å². The fourth-order valence-electron chi connectivity index (χ4n) is 4.55. The third-order valence-electron chi connectivity index (χ3n) is 6.46. The lowest BCUT2D eigenvalue weighted by atomic mass is 10.1. The Morgan fingerprint density at radius 1 is 1.23 bits per heavy atom. The summed E-state index contributed by atoms with van der Waals surface area (Å²) in [7, 11) is 3.30. The first-order valence-electron chi connectivity index (χ1n) is 12.0. The van der Waals surface area contributed by atoms with Crippen LogP contribution in [0.1, 0.15) is 0 Å². The number of amides is 1. The van der Waals surface area contributed by atoms with E-state index >= 15 is 0 Å². The fraction of sp³-hybridized carbons (Fsp3) is 0.269. The highest BCUT2D eigenvalue weighted by atomic mass is 19.1. The first kappa shape index (κ1) is 26.0. The number of carbonyl (C=O) groups excluding carboxylic acids is 1. The second-order valence-electron chi connectivity index (χ2n) is 9.08.